The maximum Gasteiger partial charge on any atom is 0.417 e. The zero-order chi connectivity index (χ0) is 21.5. The van der Waals surface area contributed by atoms with Gasteiger partial charge in [-0.25, -0.2) is 4.98 Å². The van der Waals surface area contributed by atoms with Crippen molar-refractivity contribution in [2.24, 2.45) is 0 Å². The number of pyridine rings is 2. The third-order valence-electron chi connectivity index (χ3n) is 5.02. The number of hydrogen-bond acceptors (Lipinski definition) is 5. The second kappa shape index (κ2) is 7.58. The summed E-state index contributed by atoms with van der Waals surface area (Å²) in [5, 5.41) is 9.42. The maximum absolute atomic E-state index is 13.9. The summed E-state index contributed by atoms with van der Waals surface area (Å²) in [7, 11) is 0. The average Bonchev–Trinajstić information content (AvgIpc) is 3.34. The van der Waals surface area contributed by atoms with E-state index in [1.54, 1.807) is 23.1 Å². The molecule has 10 heteroatoms. The number of carbonyl (C=O) groups is 1. The Kier molecular flexibility index (Phi) is 5.08. The molecule has 0 aliphatic carbocycles. The van der Waals surface area contributed by atoms with Crippen LogP contribution in [0.3, 0.4) is 0 Å². The Morgan fingerprint density at radius 2 is 2.13 bits per heavy atom. The van der Waals surface area contributed by atoms with E-state index in [1.165, 1.54) is 6.20 Å². The van der Waals surface area contributed by atoms with Gasteiger partial charge in [-0.3, -0.25) is 14.9 Å². The summed E-state index contributed by atoms with van der Waals surface area (Å²) in [5.74, 6) is -0.209. The Morgan fingerprint density at radius 1 is 1.33 bits per heavy atom. The molecular formula is C20H21F3N6O. The molecule has 2 N–H and O–H groups in total. The van der Waals surface area contributed by atoms with Crippen LogP contribution < -0.4 is 5.32 Å². The van der Waals surface area contributed by atoms with Crippen molar-refractivity contribution in [3.8, 4) is 0 Å². The van der Waals surface area contributed by atoms with Crippen molar-refractivity contribution in [3.63, 3.8) is 0 Å². The molecule has 1 aliphatic rings. The number of amides is 1. The summed E-state index contributed by atoms with van der Waals surface area (Å²) in [5.41, 5.74) is -0.334. The topological polar surface area (TPSA) is 86.8 Å². The van der Waals surface area contributed by atoms with Crippen molar-refractivity contribution in [2.75, 3.05) is 11.9 Å². The largest absolute Gasteiger partial charge is 0.417 e. The van der Waals surface area contributed by atoms with Gasteiger partial charge in [-0.2, -0.15) is 18.3 Å². The molecule has 158 valence electrons. The summed E-state index contributed by atoms with van der Waals surface area (Å²) in [6, 6.07) is 5.37. The number of fused-ring (bicyclic) bond motifs is 1. The Hall–Kier alpha value is -3.17. The minimum atomic E-state index is -4.60. The number of anilines is 1. The first-order chi connectivity index (χ1) is 14.3. The van der Waals surface area contributed by atoms with Crippen LogP contribution in [-0.2, 0) is 6.18 Å². The van der Waals surface area contributed by atoms with Crippen LogP contribution in [0.15, 0.2) is 30.5 Å². The molecule has 1 fully saturated rings. The normalized spacial score (nSPS) is 17.1. The van der Waals surface area contributed by atoms with Crippen LogP contribution in [-0.4, -0.2) is 43.6 Å². The molecule has 1 atom stereocenters. The van der Waals surface area contributed by atoms with Crippen molar-refractivity contribution in [1.82, 2.24) is 25.1 Å². The van der Waals surface area contributed by atoms with E-state index in [1.807, 2.05) is 13.8 Å². The molecule has 1 aliphatic heterocycles. The van der Waals surface area contributed by atoms with Crippen LogP contribution in [0, 0.1) is 0 Å². The summed E-state index contributed by atoms with van der Waals surface area (Å²) < 4.78 is 41.7. The number of rotatable bonds is 4. The molecule has 3 aromatic rings. The van der Waals surface area contributed by atoms with Gasteiger partial charge >= 0.3 is 6.18 Å². The highest BCUT2D eigenvalue weighted by molar-refractivity contribution is 5.93. The van der Waals surface area contributed by atoms with Crippen LogP contribution in [0.4, 0.5) is 19.0 Å². The lowest BCUT2D eigenvalue weighted by Gasteiger charge is -2.25. The summed E-state index contributed by atoms with van der Waals surface area (Å²) in [6.45, 7) is 4.06. The van der Waals surface area contributed by atoms with Crippen LogP contribution in [0.5, 0.6) is 0 Å². The van der Waals surface area contributed by atoms with E-state index in [2.05, 4.69) is 25.5 Å². The zero-order valence-corrected chi connectivity index (χ0v) is 16.5. The van der Waals surface area contributed by atoms with Gasteiger partial charge in [0.25, 0.3) is 5.91 Å². The van der Waals surface area contributed by atoms with Crippen LogP contribution in [0.2, 0.25) is 0 Å². The first-order valence-corrected chi connectivity index (χ1v) is 9.70. The second-order valence-corrected chi connectivity index (χ2v) is 7.56. The first-order valence-electron chi connectivity index (χ1n) is 9.70. The second-order valence-electron chi connectivity index (χ2n) is 7.56. The number of alkyl halides is 3. The van der Waals surface area contributed by atoms with E-state index in [9.17, 15) is 18.0 Å². The average molecular weight is 418 g/mol. The molecule has 0 radical (unpaired) electrons. The van der Waals surface area contributed by atoms with Crippen LogP contribution in [0.25, 0.3) is 11.0 Å². The van der Waals surface area contributed by atoms with Gasteiger partial charge in [0.05, 0.1) is 22.7 Å². The molecule has 0 saturated carbocycles. The van der Waals surface area contributed by atoms with Crippen molar-refractivity contribution in [2.45, 2.75) is 44.9 Å². The summed E-state index contributed by atoms with van der Waals surface area (Å²) in [4.78, 5) is 22.9. The number of carbonyl (C=O) groups excluding carboxylic acids is 1. The minimum Gasteiger partial charge on any atom is -0.366 e. The Balaban J connectivity index is 1.78. The zero-order valence-electron chi connectivity index (χ0n) is 16.5. The van der Waals surface area contributed by atoms with E-state index < -0.39 is 17.8 Å². The monoisotopic (exact) mass is 418 g/mol. The molecule has 1 amide bonds. The highest BCUT2D eigenvalue weighted by atomic mass is 19.4. The number of H-pyrrole nitrogens is 1. The van der Waals surface area contributed by atoms with Gasteiger partial charge in [0.2, 0.25) is 0 Å². The number of aromatic nitrogens is 4. The van der Waals surface area contributed by atoms with E-state index in [4.69, 9.17) is 0 Å². The van der Waals surface area contributed by atoms with E-state index in [-0.39, 0.29) is 40.2 Å². The summed E-state index contributed by atoms with van der Waals surface area (Å²) in [6.07, 6.45) is -1.88. The van der Waals surface area contributed by atoms with Gasteiger partial charge in [0, 0.05) is 18.8 Å². The van der Waals surface area contributed by atoms with Gasteiger partial charge in [-0.05, 0) is 44.9 Å². The number of likely N-dealkylation sites (tertiary alicyclic amines) is 1. The lowest BCUT2D eigenvalue weighted by molar-refractivity contribution is -0.136. The minimum absolute atomic E-state index is 0.0418. The Labute approximate surface area is 170 Å². The highest BCUT2D eigenvalue weighted by Crippen LogP contribution is 2.40. The van der Waals surface area contributed by atoms with Crippen LogP contribution >= 0.6 is 0 Å². The Morgan fingerprint density at radius 3 is 2.80 bits per heavy atom. The lowest BCUT2D eigenvalue weighted by Crippen LogP contribution is -2.31. The fourth-order valence-electron chi connectivity index (χ4n) is 3.78. The molecule has 30 heavy (non-hydrogen) atoms. The van der Waals surface area contributed by atoms with Gasteiger partial charge in [0.1, 0.15) is 5.69 Å². The number of nitrogens with one attached hydrogen (secondary N) is 2. The SMILES string of the molecule is CC(C)Nc1n[nH]c2nc([C@H]3CCCN3C(=O)c3ccccn3)cc(C(F)(F)F)c12. The van der Waals surface area contributed by atoms with Crippen molar-refractivity contribution < 1.29 is 18.0 Å². The summed E-state index contributed by atoms with van der Waals surface area (Å²) >= 11 is 0. The predicted molar refractivity (Wildman–Crippen MR) is 105 cm³/mol. The Bertz CT molecular complexity index is 1060. The van der Waals surface area contributed by atoms with Crippen molar-refractivity contribution in [1.29, 1.82) is 0 Å². The quantitative estimate of drug-likeness (QED) is 0.664. The molecular weight excluding hydrogens is 397 g/mol. The molecule has 0 spiro atoms. The molecule has 4 heterocycles. The van der Waals surface area contributed by atoms with E-state index >= 15 is 0 Å². The van der Waals surface area contributed by atoms with E-state index in [0.29, 0.717) is 19.4 Å². The number of nitrogens with zero attached hydrogens (tertiary/aromatic N) is 4. The molecule has 0 unspecified atom stereocenters. The smallest absolute Gasteiger partial charge is 0.366 e. The molecule has 7 nitrogen and oxygen atoms in total. The van der Waals surface area contributed by atoms with Crippen LogP contribution in [0.1, 0.15) is 54.5 Å². The third kappa shape index (κ3) is 3.69. The van der Waals surface area contributed by atoms with Gasteiger partial charge in [0.15, 0.2) is 11.5 Å². The number of aromatic amines is 1. The lowest BCUT2D eigenvalue weighted by atomic mass is 10.0. The molecule has 1 saturated heterocycles. The number of halogens is 3. The van der Waals surface area contributed by atoms with E-state index in [0.717, 1.165) is 6.07 Å². The fourth-order valence-corrected chi connectivity index (χ4v) is 3.78. The van der Waals surface area contributed by atoms with Gasteiger partial charge in [-0.1, -0.05) is 6.07 Å². The molecule has 3 aromatic heterocycles. The standard InChI is InChI=1S/C20H21F3N6O/c1-11(2)25-17-16-12(20(21,22)23)10-14(26-18(16)28-27-17)15-7-5-9-29(15)19(30)13-6-3-4-8-24-13/h3-4,6,8,10-11,15H,5,7,9H2,1-2H3,(H2,25,26,27,28)/t15-/m1/s1. The van der Waals surface area contributed by atoms with Gasteiger partial charge in [-0.15, -0.1) is 0 Å². The molecule has 0 bridgehead atoms. The number of hydrogen-bond donors (Lipinski definition) is 2. The molecule has 0 aromatic carbocycles. The highest BCUT2D eigenvalue weighted by Gasteiger charge is 2.38. The first kappa shape index (κ1) is 20.1. The van der Waals surface area contributed by atoms with Gasteiger partial charge < -0.3 is 10.2 Å². The van der Waals surface area contributed by atoms with Crippen molar-refractivity contribution >= 4 is 22.8 Å². The predicted octanol–water partition coefficient (Wildman–Crippen LogP) is 4.17. The van der Waals surface area contributed by atoms with Crippen molar-refractivity contribution in [3.05, 3.63) is 47.4 Å². The maximum atomic E-state index is 13.9. The fraction of sp³-hybridized carbons (Fsp3) is 0.400. The third-order valence-corrected chi connectivity index (χ3v) is 5.02. The molecule has 4 rings (SSSR count).